The number of hydrazone groups is 1. The summed E-state index contributed by atoms with van der Waals surface area (Å²) < 4.78 is 18.3. The molecule has 23 heavy (non-hydrogen) atoms. The van der Waals surface area contributed by atoms with E-state index in [0.717, 1.165) is 22.6 Å². The molecule has 0 saturated heterocycles. The molecule has 3 rings (SSSR count). The Hall–Kier alpha value is -2.69. The van der Waals surface area contributed by atoms with Crippen molar-refractivity contribution in [3.8, 4) is 5.75 Å². The maximum absolute atomic E-state index is 13.1. The van der Waals surface area contributed by atoms with Crippen molar-refractivity contribution in [2.24, 2.45) is 5.10 Å². The molecular formula is C18H17FN2O2. The first-order valence-electron chi connectivity index (χ1n) is 7.35. The van der Waals surface area contributed by atoms with E-state index in [9.17, 15) is 9.18 Å². The van der Waals surface area contributed by atoms with E-state index >= 15 is 0 Å². The number of hydrogen-bond donors (Lipinski definition) is 0. The lowest BCUT2D eigenvalue weighted by Gasteiger charge is -2.20. The van der Waals surface area contributed by atoms with Crippen LogP contribution in [0.5, 0.6) is 5.75 Å². The van der Waals surface area contributed by atoms with E-state index < -0.39 is 0 Å². The fourth-order valence-electron chi connectivity index (χ4n) is 2.70. The van der Waals surface area contributed by atoms with Gasteiger partial charge >= 0.3 is 0 Å². The summed E-state index contributed by atoms with van der Waals surface area (Å²) in [5, 5.41) is 5.92. The molecule has 0 N–H and O–H groups in total. The van der Waals surface area contributed by atoms with E-state index in [1.807, 2.05) is 24.3 Å². The Labute approximate surface area is 134 Å². The highest BCUT2D eigenvalue weighted by atomic mass is 19.1. The van der Waals surface area contributed by atoms with Gasteiger partial charge in [0, 0.05) is 13.3 Å². The third-order valence-corrected chi connectivity index (χ3v) is 3.91. The van der Waals surface area contributed by atoms with Crippen LogP contribution in [0.2, 0.25) is 0 Å². The van der Waals surface area contributed by atoms with Crippen molar-refractivity contribution < 1.29 is 13.9 Å². The Morgan fingerprint density at radius 3 is 2.39 bits per heavy atom. The van der Waals surface area contributed by atoms with Gasteiger partial charge in [-0.3, -0.25) is 4.79 Å². The zero-order valence-corrected chi connectivity index (χ0v) is 13.0. The van der Waals surface area contributed by atoms with Gasteiger partial charge in [0.1, 0.15) is 11.6 Å². The number of carbonyl (C=O) groups is 1. The Bertz CT molecular complexity index is 739. The number of nitrogens with zero attached hydrogens (tertiary/aromatic N) is 2. The predicted molar refractivity (Wildman–Crippen MR) is 85.8 cm³/mol. The van der Waals surface area contributed by atoms with Gasteiger partial charge in [-0.15, -0.1) is 0 Å². The SMILES string of the molecule is COc1ccc(C2=NN(C(C)=O)C(c3ccc(F)cc3)C2)cc1. The largest absolute Gasteiger partial charge is 0.497 e. The average Bonchev–Trinajstić information content (AvgIpc) is 3.01. The normalized spacial score (nSPS) is 17.1. The van der Waals surface area contributed by atoms with Gasteiger partial charge < -0.3 is 4.74 Å². The molecule has 1 amide bonds. The number of amides is 1. The fraction of sp³-hybridized carbons (Fsp3) is 0.222. The second kappa shape index (κ2) is 6.20. The van der Waals surface area contributed by atoms with Crippen LogP contribution < -0.4 is 4.74 Å². The van der Waals surface area contributed by atoms with Crippen LogP contribution in [0, 0.1) is 5.82 Å². The zero-order valence-electron chi connectivity index (χ0n) is 13.0. The first kappa shape index (κ1) is 15.2. The van der Waals surface area contributed by atoms with Crippen molar-refractivity contribution in [3.63, 3.8) is 0 Å². The van der Waals surface area contributed by atoms with Gasteiger partial charge in [-0.1, -0.05) is 12.1 Å². The smallest absolute Gasteiger partial charge is 0.240 e. The summed E-state index contributed by atoms with van der Waals surface area (Å²) in [7, 11) is 1.62. The first-order chi connectivity index (χ1) is 11.1. The van der Waals surface area contributed by atoms with Crippen molar-refractivity contribution in [2.45, 2.75) is 19.4 Å². The highest BCUT2D eigenvalue weighted by Crippen LogP contribution is 2.33. The number of benzene rings is 2. The third kappa shape index (κ3) is 3.08. The zero-order chi connectivity index (χ0) is 16.4. The van der Waals surface area contributed by atoms with Crippen molar-refractivity contribution in [3.05, 3.63) is 65.5 Å². The highest BCUT2D eigenvalue weighted by Gasteiger charge is 2.31. The monoisotopic (exact) mass is 312 g/mol. The van der Waals surface area contributed by atoms with E-state index in [1.165, 1.54) is 24.1 Å². The Kier molecular flexibility index (Phi) is 4.10. The van der Waals surface area contributed by atoms with Crippen molar-refractivity contribution in [1.29, 1.82) is 0 Å². The van der Waals surface area contributed by atoms with Crippen molar-refractivity contribution in [2.75, 3.05) is 7.11 Å². The molecule has 1 aliphatic heterocycles. The Balaban J connectivity index is 1.90. The number of hydrogen-bond acceptors (Lipinski definition) is 3. The topological polar surface area (TPSA) is 41.9 Å². The Morgan fingerprint density at radius 2 is 1.83 bits per heavy atom. The summed E-state index contributed by atoms with van der Waals surface area (Å²) in [6.45, 7) is 1.48. The van der Waals surface area contributed by atoms with E-state index in [1.54, 1.807) is 19.2 Å². The summed E-state index contributed by atoms with van der Waals surface area (Å²) >= 11 is 0. The molecule has 0 aliphatic carbocycles. The van der Waals surface area contributed by atoms with Crippen molar-refractivity contribution in [1.82, 2.24) is 5.01 Å². The van der Waals surface area contributed by atoms with Crippen LogP contribution in [0.3, 0.4) is 0 Å². The minimum absolute atomic E-state index is 0.136. The molecule has 0 spiro atoms. The molecule has 118 valence electrons. The molecule has 4 nitrogen and oxygen atoms in total. The molecule has 0 saturated carbocycles. The second-order valence-electron chi connectivity index (χ2n) is 5.41. The maximum atomic E-state index is 13.1. The second-order valence-corrected chi connectivity index (χ2v) is 5.41. The molecule has 0 bridgehead atoms. The van der Waals surface area contributed by atoms with Gasteiger partial charge in [-0.05, 0) is 47.5 Å². The van der Waals surface area contributed by atoms with Crippen LogP contribution in [0.4, 0.5) is 4.39 Å². The van der Waals surface area contributed by atoms with Gasteiger partial charge in [-0.2, -0.15) is 5.10 Å². The number of halogens is 1. The summed E-state index contributed by atoms with van der Waals surface area (Å²) in [5.74, 6) is 0.339. The molecular weight excluding hydrogens is 295 g/mol. The van der Waals surface area contributed by atoms with E-state index in [0.29, 0.717) is 6.42 Å². The molecule has 1 atom stereocenters. The van der Waals surface area contributed by atoms with Crippen LogP contribution in [0.1, 0.15) is 30.5 Å². The Morgan fingerprint density at radius 1 is 1.17 bits per heavy atom. The van der Waals surface area contributed by atoms with Crippen LogP contribution in [-0.4, -0.2) is 23.7 Å². The van der Waals surface area contributed by atoms with E-state index in [-0.39, 0.29) is 17.8 Å². The molecule has 1 aliphatic rings. The summed E-state index contributed by atoms with van der Waals surface area (Å²) in [6.07, 6.45) is 0.595. The molecule has 0 radical (unpaired) electrons. The molecule has 0 aromatic heterocycles. The fourth-order valence-corrected chi connectivity index (χ4v) is 2.70. The highest BCUT2D eigenvalue weighted by molar-refractivity contribution is 6.03. The minimum atomic E-state index is -0.294. The first-order valence-corrected chi connectivity index (χ1v) is 7.35. The van der Waals surface area contributed by atoms with Crippen molar-refractivity contribution >= 4 is 11.6 Å². The van der Waals surface area contributed by atoms with Gasteiger partial charge in [0.05, 0.1) is 18.9 Å². The summed E-state index contributed by atoms with van der Waals surface area (Å²) in [5.41, 5.74) is 2.65. The minimum Gasteiger partial charge on any atom is -0.497 e. The lowest BCUT2D eigenvalue weighted by Crippen LogP contribution is -2.24. The van der Waals surface area contributed by atoms with Crippen LogP contribution in [0.15, 0.2) is 53.6 Å². The van der Waals surface area contributed by atoms with E-state index in [2.05, 4.69) is 5.10 Å². The van der Waals surface area contributed by atoms with Crippen LogP contribution in [-0.2, 0) is 4.79 Å². The summed E-state index contributed by atoms with van der Waals surface area (Å²) in [6, 6.07) is 13.6. The molecule has 2 aromatic rings. The molecule has 2 aromatic carbocycles. The lowest BCUT2D eigenvalue weighted by atomic mass is 9.98. The van der Waals surface area contributed by atoms with Gasteiger partial charge in [0.2, 0.25) is 5.91 Å². The number of carbonyl (C=O) groups excluding carboxylic acids is 1. The lowest BCUT2D eigenvalue weighted by molar-refractivity contribution is -0.130. The predicted octanol–water partition coefficient (Wildman–Crippen LogP) is 3.53. The van der Waals surface area contributed by atoms with Gasteiger partial charge in [0.25, 0.3) is 0 Å². The van der Waals surface area contributed by atoms with Gasteiger partial charge in [0.15, 0.2) is 0 Å². The number of rotatable bonds is 3. The quantitative estimate of drug-likeness (QED) is 0.870. The standard InChI is InChI=1S/C18H17FN2O2/c1-12(22)21-18(14-3-7-15(19)8-4-14)11-17(20-21)13-5-9-16(23-2)10-6-13/h3-10,18H,11H2,1-2H3. The molecule has 0 fully saturated rings. The molecule has 1 heterocycles. The third-order valence-electron chi connectivity index (χ3n) is 3.91. The van der Waals surface area contributed by atoms with Crippen LogP contribution >= 0.6 is 0 Å². The summed E-state index contributed by atoms with van der Waals surface area (Å²) in [4.78, 5) is 11.9. The number of methoxy groups -OCH3 is 1. The average molecular weight is 312 g/mol. The van der Waals surface area contributed by atoms with E-state index in [4.69, 9.17) is 4.74 Å². The van der Waals surface area contributed by atoms with Gasteiger partial charge in [-0.25, -0.2) is 9.40 Å². The molecule has 5 heteroatoms. The maximum Gasteiger partial charge on any atom is 0.240 e. The molecule has 1 unspecified atom stereocenters. The number of ether oxygens (including phenoxy) is 1. The van der Waals surface area contributed by atoms with Crippen LogP contribution in [0.25, 0.3) is 0 Å².